The third-order valence-electron chi connectivity index (χ3n) is 16.2. The van der Waals surface area contributed by atoms with Crippen LogP contribution in [0.15, 0.2) is 194 Å². The van der Waals surface area contributed by atoms with Crippen LogP contribution >= 0.6 is 0 Å². The summed E-state index contributed by atoms with van der Waals surface area (Å²) < 4.78 is 9.07. The van der Waals surface area contributed by atoms with E-state index in [1.165, 1.54) is 44.5 Å². The number of pyridine rings is 1. The quantitative estimate of drug-likeness (QED) is 0.121. The average molecular weight is 1190 g/mol. The van der Waals surface area contributed by atoms with Crippen LogP contribution in [0.2, 0.25) is 0 Å². The number of rotatable bonds is 11. The van der Waals surface area contributed by atoms with Crippen molar-refractivity contribution in [3.8, 4) is 17.3 Å². The number of hydrogen-bond donors (Lipinski definition) is 0. The molecule has 0 atom stereocenters. The molecule has 0 saturated carbocycles. The fourth-order valence-corrected chi connectivity index (χ4v) is 10.9. The second kappa shape index (κ2) is 20.0. The van der Waals surface area contributed by atoms with Gasteiger partial charge in [-0.2, -0.15) is 12.1 Å². The summed E-state index contributed by atoms with van der Waals surface area (Å²) in [6.07, 6.45) is 1.92. The maximum Gasteiger partial charge on any atom is 0.135 e. The van der Waals surface area contributed by atoms with Crippen molar-refractivity contribution in [3.63, 3.8) is 0 Å². The average Bonchev–Trinajstić information content (AvgIpc) is 3.99. The fourth-order valence-electron chi connectivity index (χ4n) is 10.9. The van der Waals surface area contributed by atoms with Crippen LogP contribution in [0.25, 0.3) is 27.6 Å². The molecule has 77 heavy (non-hydrogen) atoms. The molecular formula is C71H69N4OPt-3. The van der Waals surface area contributed by atoms with Gasteiger partial charge in [-0.05, 0) is 103 Å². The Morgan fingerprint density at radius 3 is 1.55 bits per heavy atom. The van der Waals surface area contributed by atoms with Gasteiger partial charge in [0, 0.05) is 77.6 Å². The predicted octanol–water partition coefficient (Wildman–Crippen LogP) is 18.6. The van der Waals surface area contributed by atoms with Crippen LogP contribution in [0.1, 0.15) is 128 Å². The third kappa shape index (κ3) is 9.93. The Bertz CT molecular complexity index is 3700. The zero-order valence-corrected chi connectivity index (χ0v) is 48.8. The van der Waals surface area contributed by atoms with Crippen LogP contribution in [0.3, 0.4) is 0 Å². The molecule has 0 fully saturated rings. The fraction of sp³-hybridized carbons (Fsp3) is 0.239. The number of aromatic nitrogens is 2. The van der Waals surface area contributed by atoms with E-state index < -0.39 is 0 Å². The third-order valence-corrected chi connectivity index (χ3v) is 16.2. The van der Waals surface area contributed by atoms with Crippen LogP contribution in [0, 0.1) is 18.8 Å². The van der Waals surface area contributed by atoms with Gasteiger partial charge in [-0.15, -0.1) is 48.1 Å². The molecule has 0 unspecified atom stereocenters. The maximum absolute atomic E-state index is 6.83. The number of benzene rings is 8. The van der Waals surface area contributed by atoms with E-state index in [2.05, 4.69) is 292 Å². The van der Waals surface area contributed by atoms with Crippen LogP contribution in [-0.4, -0.2) is 9.55 Å². The first-order valence-electron chi connectivity index (χ1n) is 26.8. The summed E-state index contributed by atoms with van der Waals surface area (Å²) in [6, 6.07) is 75.7. The number of hydrogen-bond acceptors (Lipinski definition) is 4. The zero-order valence-electron chi connectivity index (χ0n) is 46.6. The molecule has 5 nitrogen and oxygen atoms in total. The summed E-state index contributed by atoms with van der Waals surface area (Å²) in [7, 11) is 0. The normalized spacial score (nSPS) is 13.2. The Balaban J connectivity index is 0.00000672. The maximum atomic E-state index is 6.83. The molecule has 6 heteroatoms. The number of ether oxygens (including phenoxy) is 1. The van der Waals surface area contributed by atoms with Crippen molar-refractivity contribution in [2.75, 3.05) is 9.80 Å². The molecule has 0 amide bonds. The van der Waals surface area contributed by atoms with Crippen molar-refractivity contribution in [2.45, 2.75) is 110 Å². The van der Waals surface area contributed by atoms with Crippen LogP contribution in [0.5, 0.6) is 11.5 Å². The van der Waals surface area contributed by atoms with E-state index >= 15 is 0 Å². The van der Waals surface area contributed by atoms with Crippen LogP contribution < -0.4 is 14.5 Å². The summed E-state index contributed by atoms with van der Waals surface area (Å²) in [5, 5.41) is 2.26. The standard InChI is InChI=1S/C71H69N4O.Pt/c1-67(2,3)51-31-35-62-61(42-51)60-34-33-59(46-64(60)75(62)66-44-52(37-38-72-66)68(4,5)6)76-58-30-22-29-56(45-58)73-47-74(65-43-53(32-36-63(65)73)69(7,8)48-23-16-13-17-24-48)57-40-54(70(9,10)49-25-18-14-19-26-49)39-55(41-57)71(11,12)50-27-20-15-21-28-50;/h13-44,47H,1-12H3;/q-3;. The summed E-state index contributed by atoms with van der Waals surface area (Å²) in [5.74, 6) is 2.04. The van der Waals surface area contributed by atoms with Crippen LogP contribution in [0.4, 0.5) is 22.7 Å². The molecule has 0 N–H and O–H groups in total. The van der Waals surface area contributed by atoms with Gasteiger partial charge in [0.1, 0.15) is 5.82 Å². The molecule has 3 heterocycles. The van der Waals surface area contributed by atoms with E-state index in [4.69, 9.17) is 9.72 Å². The van der Waals surface area contributed by atoms with Gasteiger partial charge in [0.15, 0.2) is 0 Å². The van der Waals surface area contributed by atoms with Gasteiger partial charge in [-0.25, -0.2) is 4.98 Å². The van der Waals surface area contributed by atoms with Gasteiger partial charge >= 0.3 is 0 Å². The first kappa shape index (κ1) is 53.2. The predicted molar refractivity (Wildman–Crippen MR) is 317 cm³/mol. The summed E-state index contributed by atoms with van der Waals surface area (Å²) in [5.41, 5.74) is 15.1. The molecule has 1 aliphatic heterocycles. The van der Waals surface area contributed by atoms with Gasteiger partial charge in [0.2, 0.25) is 0 Å². The van der Waals surface area contributed by atoms with Gasteiger partial charge < -0.3 is 19.1 Å². The minimum atomic E-state index is -0.297. The van der Waals surface area contributed by atoms with Crippen molar-refractivity contribution in [1.82, 2.24) is 9.55 Å². The van der Waals surface area contributed by atoms with Crippen molar-refractivity contribution < 1.29 is 25.8 Å². The molecule has 8 aromatic carbocycles. The Morgan fingerprint density at radius 1 is 0.416 bits per heavy atom. The first-order chi connectivity index (χ1) is 36.2. The molecule has 1 aliphatic rings. The second-order valence-electron chi connectivity index (χ2n) is 24.4. The van der Waals surface area contributed by atoms with E-state index in [1.807, 2.05) is 18.3 Å². The molecule has 2 aromatic heterocycles. The minimum absolute atomic E-state index is 0. The molecule has 0 radical (unpaired) electrons. The van der Waals surface area contributed by atoms with Crippen molar-refractivity contribution in [3.05, 3.63) is 258 Å². The van der Waals surface area contributed by atoms with Gasteiger partial charge in [-0.3, -0.25) is 0 Å². The number of fused-ring (bicyclic) bond motifs is 4. The van der Waals surface area contributed by atoms with Gasteiger partial charge in [0.05, 0.1) is 0 Å². The molecule has 0 spiro atoms. The zero-order chi connectivity index (χ0) is 53.4. The summed E-state index contributed by atoms with van der Waals surface area (Å²) in [4.78, 5) is 9.59. The van der Waals surface area contributed by atoms with E-state index in [1.54, 1.807) is 0 Å². The van der Waals surface area contributed by atoms with Crippen molar-refractivity contribution in [1.29, 1.82) is 0 Å². The molecule has 11 rings (SSSR count). The second-order valence-corrected chi connectivity index (χ2v) is 24.4. The van der Waals surface area contributed by atoms with Gasteiger partial charge in [-0.1, -0.05) is 204 Å². The van der Waals surface area contributed by atoms with Crippen molar-refractivity contribution in [2.24, 2.45) is 0 Å². The number of anilines is 4. The van der Waals surface area contributed by atoms with E-state index in [-0.39, 0.29) is 48.1 Å². The minimum Gasteiger partial charge on any atom is -0.509 e. The summed E-state index contributed by atoms with van der Waals surface area (Å²) >= 11 is 0. The monoisotopic (exact) mass is 1190 g/mol. The first-order valence-corrected chi connectivity index (χ1v) is 26.8. The molecule has 10 aromatic rings. The largest absolute Gasteiger partial charge is 0.509 e. The van der Waals surface area contributed by atoms with Gasteiger partial charge in [0.25, 0.3) is 0 Å². The Kier molecular flexibility index (Phi) is 13.8. The molecular weight excluding hydrogens is 1120 g/mol. The smallest absolute Gasteiger partial charge is 0.135 e. The van der Waals surface area contributed by atoms with E-state index in [9.17, 15) is 0 Å². The molecule has 392 valence electrons. The van der Waals surface area contributed by atoms with E-state index in [0.717, 1.165) is 50.4 Å². The Labute approximate surface area is 471 Å². The Morgan fingerprint density at radius 2 is 0.961 bits per heavy atom. The number of nitrogens with zero attached hydrogens (tertiary/aromatic N) is 4. The molecule has 0 aliphatic carbocycles. The summed E-state index contributed by atoms with van der Waals surface area (Å²) in [6.45, 7) is 29.7. The topological polar surface area (TPSA) is 33.5 Å². The molecule has 0 saturated heterocycles. The Hall–Kier alpha value is -7.20. The van der Waals surface area contributed by atoms with Crippen LogP contribution in [-0.2, 0) is 48.1 Å². The molecule has 0 bridgehead atoms. The van der Waals surface area contributed by atoms with Crippen molar-refractivity contribution >= 4 is 44.6 Å². The van der Waals surface area contributed by atoms with E-state index in [0.29, 0.717) is 11.5 Å². The SMILES string of the molecule is CC(C)(C)c1ccnc(-n2c3[c-]c(Oc4[c-]c(N5[CH-]N(c6cc(C(C)(C)c7ccccc7)cc(C(C)(C)c7ccccc7)c6)c6cc(C(C)(C)c7ccccc7)ccc65)ccc4)ccc3c3cc(C(C)(C)C)ccc32)c1.[Pt].